The third kappa shape index (κ3) is 3.83. The summed E-state index contributed by atoms with van der Waals surface area (Å²) in [7, 11) is 0. The van der Waals surface area contributed by atoms with Crippen LogP contribution in [0.4, 0.5) is 0 Å². The Balaban J connectivity index is 1.66. The van der Waals surface area contributed by atoms with Gasteiger partial charge in [0.2, 0.25) is 0 Å². The van der Waals surface area contributed by atoms with Crippen LogP contribution in [-0.2, 0) is 6.54 Å². The normalized spacial score (nSPS) is 16.0. The fraction of sp³-hybridized carbons (Fsp3) is 0.471. The highest BCUT2D eigenvalue weighted by molar-refractivity contribution is 7.13. The Kier molecular flexibility index (Phi) is 4.88. The van der Waals surface area contributed by atoms with Crippen molar-refractivity contribution in [3.05, 3.63) is 35.3 Å². The second-order valence-electron chi connectivity index (χ2n) is 5.44. The standard InChI is InChI=1S/C17H22N2OS/c1-2-20-16-8-6-14(7-9-16)17-18-15(13-21-17)12-19-10-4-3-5-11-19/h6-9,13H,2-5,10-12H2,1H3. The van der Waals surface area contributed by atoms with Crippen molar-refractivity contribution in [3.8, 4) is 16.3 Å². The molecule has 0 atom stereocenters. The summed E-state index contributed by atoms with van der Waals surface area (Å²) in [6.07, 6.45) is 4.04. The van der Waals surface area contributed by atoms with E-state index >= 15 is 0 Å². The Morgan fingerprint density at radius 1 is 1.14 bits per heavy atom. The van der Waals surface area contributed by atoms with E-state index in [2.05, 4.69) is 22.4 Å². The third-order valence-corrected chi connectivity index (χ3v) is 4.74. The second kappa shape index (κ2) is 7.05. The van der Waals surface area contributed by atoms with Gasteiger partial charge < -0.3 is 4.74 Å². The Morgan fingerprint density at radius 2 is 1.90 bits per heavy atom. The number of thiazole rings is 1. The third-order valence-electron chi connectivity index (χ3n) is 3.80. The van der Waals surface area contributed by atoms with Crippen molar-refractivity contribution in [1.82, 2.24) is 9.88 Å². The Bertz CT molecular complexity index is 558. The molecule has 0 radical (unpaired) electrons. The summed E-state index contributed by atoms with van der Waals surface area (Å²) < 4.78 is 5.48. The fourth-order valence-corrected chi connectivity index (χ4v) is 3.54. The van der Waals surface area contributed by atoms with Crippen LogP contribution in [0.5, 0.6) is 5.75 Å². The van der Waals surface area contributed by atoms with Gasteiger partial charge in [-0.2, -0.15) is 0 Å². The molecule has 1 aliphatic heterocycles. The minimum absolute atomic E-state index is 0.705. The Hall–Kier alpha value is -1.39. The summed E-state index contributed by atoms with van der Waals surface area (Å²) in [4.78, 5) is 7.30. The molecule has 0 spiro atoms. The molecule has 112 valence electrons. The average molecular weight is 302 g/mol. The van der Waals surface area contributed by atoms with Crippen molar-refractivity contribution in [2.24, 2.45) is 0 Å². The zero-order valence-electron chi connectivity index (χ0n) is 12.5. The van der Waals surface area contributed by atoms with E-state index in [0.29, 0.717) is 6.61 Å². The van der Waals surface area contributed by atoms with Crippen LogP contribution in [0.3, 0.4) is 0 Å². The Labute approximate surface area is 130 Å². The van der Waals surface area contributed by atoms with Crippen molar-refractivity contribution in [2.75, 3.05) is 19.7 Å². The summed E-state index contributed by atoms with van der Waals surface area (Å²) in [5, 5.41) is 3.30. The van der Waals surface area contributed by atoms with E-state index in [9.17, 15) is 0 Å². The number of aromatic nitrogens is 1. The zero-order valence-corrected chi connectivity index (χ0v) is 13.4. The van der Waals surface area contributed by atoms with E-state index in [1.54, 1.807) is 11.3 Å². The largest absolute Gasteiger partial charge is 0.494 e. The zero-order chi connectivity index (χ0) is 14.5. The van der Waals surface area contributed by atoms with Gasteiger partial charge in [0.05, 0.1) is 12.3 Å². The summed E-state index contributed by atoms with van der Waals surface area (Å²) in [6.45, 7) is 6.14. The molecule has 1 aliphatic rings. The van der Waals surface area contributed by atoms with Gasteiger partial charge in [0.15, 0.2) is 0 Å². The molecule has 1 aromatic heterocycles. The molecule has 3 nitrogen and oxygen atoms in total. The number of benzene rings is 1. The first kappa shape index (κ1) is 14.5. The lowest BCUT2D eigenvalue weighted by Gasteiger charge is -2.25. The molecule has 4 heteroatoms. The number of hydrogen-bond donors (Lipinski definition) is 0. The van der Waals surface area contributed by atoms with Gasteiger partial charge in [-0.25, -0.2) is 4.98 Å². The topological polar surface area (TPSA) is 25.4 Å². The lowest BCUT2D eigenvalue weighted by Crippen LogP contribution is -2.29. The number of hydrogen-bond acceptors (Lipinski definition) is 4. The summed E-state index contributed by atoms with van der Waals surface area (Å²) in [5.41, 5.74) is 2.37. The second-order valence-corrected chi connectivity index (χ2v) is 6.30. The van der Waals surface area contributed by atoms with Crippen molar-refractivity contribution in [1.29, 1.82) is 0 Å². The highest BCUT2D eigenvalue weighted by Crippen LogP contribution is 2.26. The first-order chi connectivity index (χ1) is 10.3. The molecule has 1 aromatic carbocycles. The minimum Gasteiger partial charge on any atom is -0.494 e. The maximum Gasteiger partial charge on any atom is 0.123 e. The minimum atomic E-state index is 0.705. The fourth-order valence-electron chi connectivity index (χ4n) is 2.72. The molecule has 2 heterocycles. The predicted molar refractivity (Wildman–Crippen MR) is 87.8 cm³/mol. The number of nitrogens with zero attached hydrogens (tertiary/aromatic N) is 2. The first-order valence-corrected chi connectivity index (χ1v) is 8.63. The van der Waals surface area contributed by atoms with E-state index in [-0.39, 0.29) is 0 Å². The molecule has 0 aliphatic carbocycles. The summed E-state index contributed by atoms with van der Waals surface area (Å²) >= 11 is 1.73. The molecular weight excluding hydrogens is 280 g/mol. The van der Waals surface area contributed by atoms with Crippen molar-refractivity contribution >= 4 is 11.3 Å². The van der Waals surface area contributed by atoms with E-state index in [1.807, 2.05) is 19.1 Å². The van der Waals surface area contributed by atoms with Crippen LogP contribution in [0.15, 0.2) is 29.6 Å². The van der Waals surface area contributed by atoms with Gasteiger partial charge in [-0.3, -0.25) is 4.90 Å². The molecule has 3 rings (SSSR count). The van der Waals surface area contributed by atoms with E-state index in [1.165, 1.54) is 43.6 Å². The molecule has 0 amide bonds. The van der Waals surface area contributed by atoms with Crippen LogP contribution in [0.2, 0.25) is 0 Å². The van der Waals surface area contributed by atoms with E-state index < -0.39 is 0 Å². The van der Waals surface area contributed by atoms with Crippen molar-refractivity contribution < 1.29 is 4.74 Å². The SMILES string of the molecule is CCOc1ccc(-c2nc(CN3CCCCC3)cs2)cc1. The lowest BCUT2D eigenvalue weighted by molar-refractivity contribution is 0.219. The van der Waals surface area contributed by atoms with Crippen LogP contribution in [0.1, 0.15) is 31.9 Å². The maximum absolute atomic E-state index is 5.48. The lowest BCUT2D eigenvalue weighted by atomic mass is 10.1. The quantitative estimate of drug-likeness (QED) is 0.828. The van der Waals surface area contributed by atoms with Crippen LogP contribution < -0.4 is 4.74 Å². The van der Waals surface area contributed by atoms with Gasteiger partial charge >= 0.3 is 0 Å². The monoisotopic (exact) mass is 302 g/mol. The van der Waals surface area contributed by atoms with E-state index in [4.69, 9.17) is 9.72 Å². The molecular formula is C17H22N2OS. The van der Waals surface area contributed by atoms with Crippen LogP contribution >= 0.6 is 11.3 Å². The molecule has 0 unspecified atom stereocenters. The van der Waals surface area contributed by atoms with E-state index in [0.717, 1.165) is 17.3 Å². The average Bonchev–Trinajstić information content (AvgIpc) is 2.98. The van der Waals surface area contributed by atoms with Gasteiger partial charge in [0, 0.05) is 17.5 Å². The molecule has 2 aromatic rings. The molecule has 0 bridgehead atoms. The molecule has 0 saturated carbocycles. The molecule has 0 N–H and O–H groups in total. The number of likely N-dealkylation sites (tertiary alicyclic amines) is 1. The molecule has 21 heavy (non-hydrogen) atoms. The number of ether oxygens (including phenoxy) is 1. The van der Waals surface area contributed by atoms with Gasteiger partial charge in [0.25, 0.3) is 0 Å². The van der Waals surface area contributed by atoms with Crippen molar-refractivity contribution in [3.63, 3.8) is 0 Å². The number of rotatable bonds is 5. The first-order valence-electron chi connectivity index (χ1n) is 7.75. The summed E-state index contributed by atoms with van der Waals surface area (Å²) in [5.74, 6) is 0.923. The van der Waals surface area contributed by atoms with Crippen LogP contribution in [-0.4, -0.2) is 29.6 Å². The van der Waals surface area contributed by atoms with Crippen LogP contribution in [0, 0.1) is 0 Å². The highest BCUT2D eigenvalue weighted by atomic mass is 32.1. The predicted octanol–water partition coefficient (Wildman–Crippen LogP) is 4.19. The molecule has 1 saturated heterocycles. The van der Waals surface area contributed by atoms with Crippen molar-refractivity contribution in [2.45, 2.75) is 32.7 Å². The van der Waals surface area contributed by atoms with Gasteiger partial charge in [-0.1, -0.05) is 6.42 Å². The number of piperidine rings is 1. The maximum atomic E-state index is 5.48. The van der Waals surface area contributed by atoms with Gasteiger partial charge in [-0.05, 0) is 57.1 Å². The highest BCUT2D eigenvalue weighted by Gasteiger charge is 2.12. The van der Waals surface area contributed by atoms with Gasteiger partial charge in [0.1, 0.15) is 10.8 Å². The summed E-state index contributed by atoms with van der Waals surface area (Å²) in [6, 6.07) is 8.22. The molecule has 1 fully saturated rings. The smallest absolute Gasteiger partial charge is 0.123 e. The van der Waals surface area contributed by atoms with Gasteiger partial charge in [-0.15, -0.1) is 11.3 Å². The van der Waals surface area contributed by atoms with Crippen LogP contribution in [0.25, 0.3) is 10.6 Å². The Morgan fingerprint density at radius 3 is 2.62 bits per heavy atom.